The van der Waals surface area contributed by atoms with Crippen molar-refractivity contribution in [3.8, 4) is 0 Å². The van der Waals surface area contributed by atoms with Crippen LogP contribution >= 0.6 is 0 Å². The van der Waals surface area contributed by atoms with Crippen molar-refractivity contribution in [2.24, 2.45) is 11.7 Å². The molecule has 104 valence electrons. The molecule has 0 aliphatic heterocycles. The molecule has 2 atom stereocenters. The van der Waals surface area contributed by atoms with Gasteiger partial charge < -0.3 is 10.6 Å². The number of nitrogens with two attached hydrogens (primary N) is 1. The van der Waals surface area contributed by atoms with Gasteiger partial charge in [-0.15, -0.1) is 0 Å². The second-order valence-electron chi connectivity index (χ2n) is 6.00. The molecule has 0 radical (unpaired) electrons. The van der Waals surface area contributed by atoms with Gasteiger partial charge in [0.2, 0.25) is 5.91 Å². The molecule has 0 saturated heterocycles. The van der Waals surface area contributed by atoms with Gasteiger partial charge in [0.1, 0.15) is 0 Å². The summed E-state index contributed by atoms with van der Waals surface area (Å²) in [4.78, 5) is 16.3. The predicted molar refractivity (Wildman–Crippen MR) is 73.2 cm³/mol. The Hall–Kier alpha value is -0.610. The summed E-state index contributed by atoms with van der Waals surface area (Å²) in [6.45, 7) is 1.30. The fourth-order valence-corrected chi connectivity index (χ4v) is 3.15. The zero-order chi connectivity index (χ0) is 13.1. The van der Waals surface area contributed by atoms with E-state index in [0.717, 1.165) is 6.54 Å². The maximum Gasteiger partial charge on any atom is 0.236 e. The zero-order valence-electron chi connectivity index (χ0n) is 11.8. The van der Waals surface area contributed by atoms with Crippen molar-refractivity contribution in [2.75, 3.05) is 27.2 Å². The fourth-order valence-electron chi connectivity index (χ4n) is 3.15. The number of nitrogens with zero attached hydrogens (tertiary/aromatic N) is 2. The molecule has 4 nitrogen and oxygen atoms in total. The molecule has 2 aliphatic carbocycles. The Kier molecular flexibility index (Phi) is 4.62. The minimum Gasteiger partial charge on any atom is -0.342 e. The third kappa shape index (κ3) is 3.23. The van der Waals surface area contributed by atoms with Crippen LogP contribution in [-0.4, -0.2) is 55.0 Å². The highest BCUT2D eigenvalue weighted by atomic mass is 16.2. The average molecular weight is 253 g/mol. The number of carbonyl (C=O) groups is 1. The number of likely N-dealkylation sites (N-methyl/N-ethyl adjacent to an activating group) is 2. The van der Waals surface area contributed by atoms with Crippen LogP contribution in [0.4, 0.5) is 0 Å². The maximum atomic E-state index is 12.1. The first-order valence-electron chi connectivity index (χ1n) is 7.29. The molecule has 4 heteroatoms. The van der Waals surface area contributed by atoms with Gasteiger partial charge in [0.25, 0.3) is 0 Å². The molecular formula is C14H27N3O. The van der Waals surface area contributed by atoms with E-state index in [9.17, 15) is 4.79 Å². The summed E-state index contributed by atoms with van der Waals surface area (Å²) in [5.41, 5.74) is 5.86. The van der Waals surface area contributed by atoms with Crippen molar-refractivity contribution in [2.45, 2.75) is 50.6 Å². The van der Waals surface area contributed by atoms with Gasteiger partial charge in [0.15, 0.2) is 0 Å². The largest absolute Gasteiger partial charge is 0.342 e. The number of hydrogen-bond acceptors (Lipinski definition) is 3. The molecule has 2 N–H and O–H groups in total. The Morgan fingerprint density at radius 2 is 1.83 bits per heavy atom. The number of hydrogen-bond donors (Lipinski definition) is 1. The summed E-state index contributed by atoms with van der Waals surface area (Å²) in [5, 5.41) is 0. The van der Waals surface area contributed by atoms with Gasteiger partial charge in [-0.25, -0.2) is 0 Å². The van der Waals surface area contributed by atoms with Crippen molar-refractivity contribution < 1.29 is 4.79 Å². The lowest BCUT2D eigenvalue weighted by Gasteiger charge is -2.37. The van der Waals surface area contributed by atoms with Crippen LogP contribution in [0.3, 0.4) is 0 Å². The second kappa shape index (κ2) is 6.02. The fraction of sp³-hybridized carbons (Fsp3) is 0.929. The van der Waals surface area contributed by atoms with Gasteiger partial charge in [0.05, 0.1) is 6.54 Å². The van der Waals surface area contributed by atoms with Gasteiger partial charge in [-0.05, 0) is 45.2 Å². The van der Waals surface area contributed by atoms with Crippen LogP contribution in [0, 0.1) is 5.92 Å². The normalized spacial score (nSPS) is 28.4. The van der Waals surface area contributed by atoms with E-state index in [4.69, 9.17) is 5.73 Å². The molecule has 1 amide bonds. The molecule has 18 heavy (non-hydrogen) atoms. The van der Waals surface area contributed by atoms with Crippen LogP contribution in [0.1, 0.15) is 38.5 Å². The summed E-state index contributed by atoms with van der Waals surface area (Å²) >= 11 is 0. The Morgan fingerprint density at radius 3 is 2.44 bits per heavy atom. The molecule has 0 aromatic heterocycles. The zero-order valence-corrected chi connectivity index (χ0v) is 11.8. The van der Waals surface area contributed by atoms with Crippen molar-refractivity contribution in [3.05, 3.63) is 0 Å². The van der Waals surface area contributed by atoms with E-state index in [1.165, 1.54) is 38.5 Å². The molecule has 0 aromatic carbocycles. The summed E-state index contributed by atoms with van der Waals surface area (Å²) in [6, 6.07) is 1.02. The summed E-state index contributed by atoms with van der Waals surface area (Å²) in [7, 11) is 4.02. The molecular weight excluding hydrogens is 226 g/mol. The highest BCUT2D eigenvalue weighted by Crippen LogP contribution is 2.28. The predicted octanol–water partition coefficient (Wildman–Crippen LogP) is 1.06. The van der Waals surface area contributed by atoms with Crippen LogP contribution in [0.15, 0.2) is 0 Å². The average Bonchev–Trinajstić information content (AvgIpc) is 3.21. The number of amides is 1. The van der Waals surface area contributed by atoms with Gasteiger partial charge in [-0.3, -0.25) is 9.69 Å². The van der Waals surface area contributed by atoms with E-state index >= 15 is 0 Å². The third-order valence-electron chi connectivity index (χ3n) is 4.61. The van der Waals surface area contributed by atoms with Crippen molar-refractivity contribution in [1.29, 1.82) is 0 Å². The van der Waals surface area contributed by atoms with Crippen LogP contribution in [0.25, 0.3) is 0 Å². The highest BCUT2D eigenvalue weighted by molar-refractivity contribution is 5.78. The first-order valence-corrected chi connectivity index (χ1v) is 7.29. The topological polar surface area (TPSA) is 49.6 Å². The van der Waals surface area contributed by atoms with Crippen LogP contribution < -0.4 is 5.73 Å². The lowest BCUT2D eigenvalue weighted by Crippen LogP contribution is -2.47. The third-order valence-corrected chi connectivity index (χ3v) is 4.61. The smallest absolute Gasteiger partial charge is 0.236 e. The summed E-state index contributed by atoms with van der Waals surface area (Å²) < 4.78 is 0. The molecule has 0 aromatic rings. The molecule has 0 heterocycles. The summed E-state index contributed by atoms with van der Waals surface area (Å²) in [5.74, 6) is 0.837. The maximum absolute atomic E-state index is 12.1. The molecule has 0 spiro atoms. The van der Waals surface area contributed by atoms with E-state index in [1.807, 2.05) is 11.9 Å². The van der Waals surface area contributed by atoms with Crippen LogP contribution in [0.2, 0.25) is 0 Å². The highest BCUT2D eigenvalue weighted by Gasteiger charge is 2.32. The molecule has 0 bridgehead atoms. The molecule has 2 rings (SSSR count). The van der Waals surface area contributed by atoms with Crippen molar-refractivity contribution >= 4 is 5.91 Å². The Balaban J connectivity index is 1.85. The first kappa shape index (κ1) is 13.8. The Bertz CT molecular complexity index is 291. The molecule has 2 fully saturated rings. The summed E-state index contributed by atoms with van der Waals surface area (Å²) in [6.07, 6.45) is 7.35. The van der Waals surface area contributed by atoms with Crippen LogP contribution in [-0.2, 0) is 4.79 Å². The first-order chi connectivity index (χ1) is 8.63. The number of carbonyl (C=O) groups excluding carboxylic acids is 1. The van der Waals surface area contributed by atoms with E-state index < -0.39 is 0 Å². The van der Waals surface area contributed by atoms with Crippen molar-refractivity contribution in [1.82, 2.24) is 9.80 Å². The standard InChI is InChI=1S/C14H27N3O/c1-16(10-14(18)17(2)12-7-8-12)13-6-4-3-5-11(13)9-15/h11-13H,3-10,15H2,1-2H3. The SMILES string of the molecule is CN(CC(=O)N(C)C1CC1)C1CCCCC1CN. The second-order valence-corrected chi connectivity index (χ2v) is 6.00. The van der Waals surface area contributed by atoms with E-state index in [0.29, 0.717) is 24.5 Å². The lowest BCUT2D eigenvalue weighted by atomic mass is 9.84. The Morgan fingerprint density at radius 1 is 1.17 bits per heavy atom. The quantitative estimate of drug-likeness (QED) is 0.797. The monoisotopic (exact) mass is 253 g/mol. The van der Waals surface area contributed by atoms with Gasteiger partial charge in [-0.1, -0.05) is 12.8 Å². The van der Waals surface area contributed by atoms with Gasteiger partial charge in [0, 0.05) is 19.1 Å². The minimum absolute atomic E-state index is 0.265. The lowest BCUT2D eigenvalue weighted by molar-refractivity contribution is -0.132. The van der Waals surface area contributed by atoms with E-state index in [-0.39, 0.29) is 5.91 Å². The van der Waals surface area contributed by atoms with E-state index in [2.05, 4.69) is 11.9 Å². The molecule has 2 aliphatic rings. The van der Waals surface area contributed by atoms with Gasteiger partial charge in [-0.2, -0.15) is 0 Å². The van der Waals surface area contributed by atoms with Crippen LogP contribution in [0.5, 0.6) is 0 Å². The molecule has 2 saturated carbocycles. The minimum atomic E-state index is 0.265. The van der Waals surface area contributed by atoms with E-state index in [1.54, 1.807) is 0 Å². The molecule has 2 unspecified atom stereocenters. The van der Waals surface area contributed by atoms with Crippen molar-refractivity contribution in [3.63, 3.8) is 0 Å². The number of rotatable bonds is 5. The van der Waals surface area contributed by atoms with Gasteiger partial charge >= 0.3 is 0 Å². The Labute approximate surface area is 110 Å².